The number of piperidine rings is 1. The Morgan fingerprint density at radius 2 is 1.56 bits per heavy atom. The molecular formula is C56H87NO16. The minimum atomic E-state index is -2.47. The van der Waals surface area contributed by atoms with Crippen LogP contribution in [0.5, 0.6) is 0 Å². The van der Waals surface area contributed by atoms with Crippen molar-refractivity contribution in [3.63, 3.8) is 0 Å². The van der Waals surface area contributed by atoms with Gasteiger partial charge in [-0.1, -0.05) is 71.1 Å². The van der Waals surface area contributed by atoms with E-state index in [0.717, 1.165) is 10.5 Å². The Hall–Kier alpha value is -3.94. The maximum Gasteiger partial charge on any atom is 0.329 e. The van der Waals surface area contributed by atoms with Gasteiger partial charge in [0.1, 0.15) is 41.7 Å². The van der Waals surface area contributed by atoms with E-state index in [0.29, 0.717) is 69.8 Å². The number of carbonyl (C=O) groups excluding carboxylic acids is 6. The second-order valence-corrected chi connectivity index (χ2v) is 21.8. The second-order valence-electron chi connectivity index (χ2n) is 21.8. The summed E-state index contributed by atoms with van der Waals surface area (Å²) < 4.78 is 35.4. The summed E-state index contributed by atoms with van der Waals surface area (Å²) in [6.45, 7) is 12.7. The number of fused-ring (bicyclic) bond motifs is 3. The summed E-state index contributed by atoms with van der Waals surface area (Å²) in [6, 6.07) is -1.20. The molecule has 15 unspecified atom stereocenters. The Labute approximate surface area is 433 Å². The minimum Gasteiger partial charge on any atom is -0.460 e. The number of ether oxygens (including phenoxy) is 6. The van der Waals surface area contributed by atoms with Crippen LogP contribution in [0.2, 0.25) is 0 Å². The highest BCUT2D eigenvalue weighted by atomic mass is 16.6. The molecule has 73 heavy (non-hydrogen) atoms. The molecule has 4 rings (SSSR count). The Morgan fingerprint density at radius 3 is 2.21 bits per heavy atom. The van der Waals surface area contributed by atoms with Crippen molar-refractivity contribution in [3.05, 3.63) is 47.6 Å². The highest BCUT2D eigenvalue weighted by molar-refractivity contribution is 6.39. The number of ketones is 3. The van der Waals surface area contributed by atoms with Gasteiger partial charge in [0.25, 0.3) is 11.7 Å². The van der Waals surface area contributed by atoms with Crippen LogP contribution in [0.15, 0.2) is 47.6 Å². The van der Waals surface area contributed by atoms with E-state index in [1.165, 1.54) is 21.1 Å². The lowest BCUT2D eigenvalue weighted by Crippen LogP contribution is -2.61. The maximum atomic E-state index is 14.5. The van der Waals surface area contributed by atoms with Crippen molar-refractivity contribution in [1.82, 2.24) is 4.90 Å². The summed E-state index contributed by atoms with van der Waals surface area (Å²) in [5.41, 5.74) is -0.277. The molecule has 3 aliphatic heterocycles. The zero-order valence-corrected chi connectivity index (χ0v) is 45.3. The number of nitrogens with zero attached hydrogens (tertiary/aromatic N) is 1. The van der Waals surface area contributed by atoms with Gasteiger partial charge in [-0.05, 0) is 114 Å². The van der Waals surface area contributed by atoms with E-state index in [1.807, 2.05) is 51.2 Å². The Morgan fingerprint density at radius 1 is 0.863 bits per heavy atom. The summed E-state index contributed by atoms with van der Waals surface area (Å²) in [6.07, 6.45) is 9.76. The lowest BCUT2D eigenvalue weighted by molar-refractivity contribution is -0.265. The number of cyclic esters (lactones) is 1. The molecule has 4 N–H and O–H groups in total. The Bertz CT molecular complexity index is 2010. The number of hydrogen-bond donors (Lipinski definition) is 4. The molecule has 1 aliphatic carbocycles. The summed E-state index contributed by atoms with van der Waals surface area (Å²) in [4.78, 5) is 85.4. The first kappa shape index (κ1) is 61.6. The first-order valence-electron chi connectivity index (χ1n) is 26.4. The van der Waals surface area contributed by atoms with Gasteiger partial charge in [0, 0.05) is 58.5 Å². The summed E-state index contributed by atoms with van der Waals surface area (Å²) in [5.74, 6) is -9.36. The van der Waals surface area contributed by atoms with Crippen LogP contribution in [0.3, 0.4) is 0 Å². The molecule has 412 valence electrons. The maximum absolute atomic E-state index is 14.5. The van der Waals surface area contributed by atoms with Crippen molar-refractivity contribution in [3.8, 4) is 0 Å². The van der Waals surface area contributed by atoms with Crippen LogP contribution < -0.4 is 0 Å². The van der Waals surface area contributed by atoms with Gasteiger partial charge in [-0.15, -0.1) is 0 Å². The van der Waals surface area contributed by atoms with Crippen LogP contribution in [-0.4, -0.2) is 156 Å². The van der Waals surface area contributed by atoms with Crippen LogP contribution in [0.4, 0.5) is 0 Å². The van der Waals surface area contributed by atoms with Gasteiger partial charge in [0.2, 0.25) is 5.79 Å². The van der Waals surface area contributed by atoms with E-state index >= 15 is 0 Å². The first-order chi connectivity index (χ1) is 34.5. The van der Waals surface area contributed by atoms with E-state index in [2.05, 4.69) is 0 Å². The van der Waals surface area contributed by atoms with Crippen molar-refractivity contribution in [2.24, 2.45) is 40.9 Å². The Balaban J connectivity index is 1.69. The number of esters is 2. The minimum absolute atomic E-state index is 0.00697. The van der Waals surface area contributed by atoms with Gasteiger partial charge in [-0.3, -0.25) is 24.0 Å². The van der Waals surface area contributed by atoms with Gasteiger partial charge in [-0.25, -0.2) is 4.79 Å². The van der Waals surface area contributed by atoms with Gasteiger partial charge in [0.05, 0.1) is 31.5 Å². The third-order valence-electron chi connectivity index (χ3n) is 15.9. The molecule has 1 amide bonds. The molecule has 17 heteroatoms. The number of Topliss-reactive ketones (excluding diaryl/α,β-unsaturated/α-hetero) is 3. The number of amides is 1. The number of aliphatic hydroxyl groups is 4. The van der Waals surface area contributed by atoms with E-state index in [1.54, 1.807) is 40.9 Å². The third-order valence-corrected chi connectivity index (χ3v) is 15.9. The molecule has 2 bridgehead atoms. The van der Waals surface area contributed by atoms with Gasteiger partial charge < -0.3 is 53.7 Å². The molecule has 0 aromatic carbocycles. The lowest BCUT2D eigenvalue weighted by atomic mass is 9.78. The van der Waals surface area contributed by atoms with Gasteiger partial charge >= 0.3 is 11.9 Å². The van der Waals surface area contributed by atoms with Crippen LogP contribution in [0.1, 0.15) is 132 Å². The normalized spacial score (nSPS) is 35.1. The molecule has 3 fully saturated rings. The number of aliphatic hydroxyl groups excluding tert-OH is 3. The van der Waals surface area contributed by atoms with Crippen molar-refractivity contribution < 1.29 is 77.6 Å². The lowest BCUT2D eigenvalue weighted by Gasteiger charge is -2.42. The Kier molecular flexibility index (Phi) is 23.9. The SMILES string of the molecule is COC1CC2CCC(C)C(O)(O2)C(=O)C(=O)N2CCCCC2C(=O)OC(C(C)CC2CCC(OC(=O)C(C)(CO)CO)C(OC)C2)CC(=O)C(C)C=C(C)C(O)C(OC)C(=O)C(C)CC(C)C=CC=CC=C1C. The topological polar surface area (TPSA) is 242 Å². The summed E-state index contributed by atoms with van der Waals surface area (Å²) in [5, 5.41) is 43.1. The largest absolute Gasteiger partial charge is 0.460 e. The molecule has 0 aromatic rings. The number of hydrogen-bond acceptors (Lipinski definition) is 16. The molecule has 0 radical (unpaired) electrons. The summed E-state index contributed by atoms with van der Waals surface area (Å²) in [7, 11) is 4.43. The fourth-order valence-electron chi connectivity index (χ4n) is 10.7. The second kappa shape index (κ2) is 28.3. The highest BCUT2D eigenvalue weighted by Gasteiger charge is 2.53. The third kappa shape index (κ3) is 16.0. The zero-order valence-electron chi connectivity index (χ0n) is 45.3. The average molecular weight is 1030 g/mol. The predicted octanol–water partition coefficient (Wildman–Crippen LogP) is 5.72. The van der Waals surface area contributed by atoms with Crippen LogP contribution in [-0.2, 0) is 57.2 Å². The van der Waals surface area contributed by atoms with E-state index in [9.17, 15) is 49.2 Å². The number of allylic oxidation sites excluding steroid dienone is 6. The van der Waals surface area contributed by atoms with Crippen LogP contribution in [0.25, 0.3) is 0 Å². The number of rotatable bonds is 10. The van der Waals surface area contributed by atoms with E-state index in [-0.39, 0.29) is 42.8 Å². The fourth-order valence-corrected chi connectivity index (χ4v) is 10.7. The first-order valence-corrected chi connectivity index (χ1v) is 26.4. The van der Waals surface area contributed by atoms with Crippen molar-refractivity contribution in [1.29, 1.82) is 0 Å². The van der Waals surface area contributed by atoms with E-state index < -0.39 is 120 Å². The molecule has 4 aliphatic rings. The van der Waals surface area contributed by atoms with E-state index in [4.69, 9.17) is 28.4 Å². The van der Waals surface area contributed by atoms with Crippen molar-refractivity contribution in [2.75, 3.05) is 41.1 Å². The fraction of sp³-hybridized carbons (Fsp3) is 0.750. The number of methoxy groups -OCH3 is 3. The zero-order chi connectivity index (χ0) is 54.4. The van der Waals surface area contributed by atoms with Crippen molar-refractivity contribution >= 4 is 35.2 Å². The molecule has 17 nitrogen and oxygen atoms in total. The molecule has 3 heterocycles. The van der Waals surface area contributed by atoms with Gasteiger partial charge in [0.15, 0.2) is 5.78 Å². The molecule has 0 aromatic heterocycles. The highest BCUT2D eigenvalue weighted by Crippen LogP contribution is 2.38. The molecule has 1 saturated carbocycles. The molecule has 0 spiro atoms. The molecule has 2 saturated heterocycles. The average Bonchev–Trinajstić information content (AvgIpc) is 3.37. The number of carbonyl (C=O) groups is 6. The molecular weight excluding hydrogens is 943 g/mol. The predicted molar refractivity (Wildman–Crippen MR) is 271 cm³/mol. The standard InChI is InChI=1S/C56H87NO16/c1-33-17-13-12-14-18-34(2)45(68-9)29-41-22-20-39(7)56(67,73-41)51(63)52(64)57-24-16-15-19-42(57)53(65)71-46(30-43(60)35(3)26-38(6)49(62)50(70-11)48(61)37(5)25-33)36(4)27-40-21-23-44(47(28-40)69-10)72-54(66)55(8,31-58)32-59/h12-14,17-18,26,33,35-37,39-42,44-47,49-50,58-59,62,67H,15-16,19-25,27-32H2,1-11H3. The monoisotopic (exact) mass is 1030 g/mol. The van der Waals surface area contributed by atoms with Gasteiger partial charge in [-0.2, -0.15) is 0 Å². The van der Waals surface area contributed by atoms with Crippen LogP contribution in [0, 0.1) is 40.9 Å². The molecule has 15 atom stereocenters. The van der Waals surface area contributed by atoms with Crippen molar-refractivity contribution in [2.45, 2.75) is 187 Å². The van der Waals surface area contributed by atoms with Crippen LogP contribution >= 0.6 is 0 Å². The quantitative estimate of drug-likeness (QED) is 0.116. The summed E-state index contributed by atoms with van der Waals surface area (Å²) >= 11 is 0. The smallest absolute Gasteiger partial charge is 0.329 e.